The van der Waals surface area contributed by atoms with Crippen LogP contribution in [0.4, 0.5) is 17.6 Å². The van der Waals surface area contributed by atoms with Crippen LogP contribution in [0, 0.1) is 22.6 Å². The Kier molecular flexibility index (Phi) is 7.80. The zero-order valence-electron chi connectivity index (χ0n) is 20.0. The van der Waals surface area contributed by atoms with Gasteiger partial charge in [0, 0.05) is 53.3 Å². The number of thiophene rings is 1. The summed E-state index contributed by atoms with van der Waals surface area (Å²) in [6.45, 7) is 3.14. The van der Waals surface area contributed by atoms with Crippen molar-refractivity contribution in [2.75, 3.05) is 19.6 Å². The van der Waals surface area contributed by atoms with E-state index in [1.807, 2.05) is 0 Å². The number of nitrogens with zero attached hydrogens (tertiary/aromatic N) is 2. The maximum Gasteiger partial charge on any atom is 0.433 e. The molecule has 0 saturated carbocycles. The van der Waals surface area contributed by atoms with Crippen molar-refractivity contribution in [3.63, 3.8) is 0 Å². The van der Waals surface area contributed by atoms with Gasteiger partial charge in [-0.15, -0.1) is 11.3 Å². The number of amides is 1. The predicted octanol–water partition coefficient (Wildman–Crippen LogP) is 4.68. The van der Waals surface area contributed by atoms with Gasteiger partial charge in [-0.05, 0) is 43.1 Å². The summed E-state index contributed by atoms with van der Waals surface area (Å²) in [5.41, 5.74) is -1.77. The average molecular weight is 532 g/mol. The van der Waals surface area contributed by atoms with Crippen molar-refractivity contribution in [1.29, 1.82) is 10.7 Å². The Balaban J connectivity index is 1.81. The highest BCUT2D eigenvalue weighted by Crippen LogP contribution is 2.42. The van der Waals surface area contributed by atoms with Crippen LogP contribution in [-0.2, 0) is 11.3 Å². The molecule has 1 aromatic heterocycles. The highest BCUT2D eigenvalue weighted by molar-refractivity contribution is 7.12. The van der Waals surface area contributed by atoms with Crippen molar-refractivity contribution in [2.45, 2.75) is 38.0 Å². The van der Waals surface area contributed by atoms with Gasteiger partial charge in [-0.1, -0.05) is 18.2 Å². The van der Waals surface area contributed by atoms with Gasteiger partial charge >= 0.3 is 6.18 Å². The SMILES string of the molecule is CCN/C=C(\C(=N)C(F)(F)F)c1c(F)cccc1[C@@H]1CN(C(=O)/C=C/[C@H]2CCN2)Cc2sc(C#N)cc21. The van der Waals surface area contributed by atoms with Crippen molar-refractivity contribution < 1.29 is 22.4 Å². The standard InChI is InChI=1S/C26H25F4N5OS/c1-2-33-12-19(25(32)26(28,29)30)24-17(4-3-5-21(24)27)20-13-35(23(36)7-6-15-8-9-34-15)14-22-18(20)10-16(11-31)37-22/h3-7,10,12,15,20,32-34H,2,8-9,13-14H2,1H3/b7-6+,19-12-,32-25?/t15-,20-/m0/s1. The first-order valence-electron chi connectivity index (χ1n) is 11.8. The number of halogens is 4. The molecule has 4 rings (SSSR count). The van der Waals surface area contributed by atoms with Gasteiger partial charge < -0.3 is 15.5 Å². The van der Waals surface area contributed by atoms with Crippen LogP contribution in [0.15, 0.2) is 42.6 Å². The molecule has 0 unspecified atom stereocenters. The number of benzene rings is 1. The highest BCUT2D eigenvalue weighted by atomic mass is 32.1. The minimum Gasteiger partial charge on any atom is -0.391 e. The lowest BCUT2D eigenvalue weighted by molar-refractivity contribution is -0.127. The normalized spacial score (nSPS) is 19.8. The van der Waals surface area contributed by atoms with Crippen molar-refractivity contribution in [3.8, 4) is 6.07 Å². The van der Waals surface area contributed by atoms with E-state index in [9.17, 15) is 23.2 Å². The summed E-state index contributed by atoms with van der Waals surface area (Å²) >= 11 is 1.20. The van der Waals surface area contributed by atoms with E-state index in [4.69, 9.17) is 5.41 Å². The summed E-state index contributed by atoms with van der Waals surface area (Å²) in [4.78, 5) is 15.7. The van der Waals surface area contributed by atoms with Crippen molar-refractivity contribution in [2.24, 2.45) is 0 Å². The molecule has 1 saturated heterocycles. The van der Waals surface area contributed by atoms with Crippen LogP contribution < -0.4 is 10.6 Å². The van der Waals surface area contributed by atoms with Crippen LogP contribution in [0.25, 0.3) is 5.57 Å². The van der Waals surface area contributed by atoms with Crippen LogP contribution in [-0.4, -0.2) is 48.4 Å². The number of alkyl halides is 3. The van der Waals surface area contributed by atoms with Gasteiger partial charge in [0.05, 0.1) is 6.54 Å². The lowest BCUT2D eigenvalue weighted by Crippen LogP contribution is -2.42. The molecule has 1 aromatic carbocycles. The third-order valence-electron chi connectivity index (χ3n) is 6.40. The molecular weight excluding hydrogens is 506 g/mol. The first-order chi connectivity index (χ1) is 17.6. The molecule has 1 fully saturated rings. The minimum absolute atomic E-state index is 0.0835. The van der Waals surface area contributed by atoms with Crippen LogP contribution in [0.1, 0.15) is 45.7 Å². The molecule has 194 valence electrons. The quantitative estimate of drug-likeness (QED) is 0.275. The molecule has 37 heavy (non-hydrogen) atoms. The zero-order chi connectivity index (χ0) is 26.7. The molecule has 2 aliphatic rings. The monoisotopic (exact) mass is 531 g/mol. The Bertz CT molecular complexity index is 1300. The molecule has 11 heteroatoms. The third kappa shape index (κ3) is 5.60. The lowest BCUT2D eigenvalue weighted by Gasteiger charge is -2.34. The number of nitriles is 1. The number of rotatable bonds is 7. The average Bonchev–Trinajstić information content (AvgIpc) is 3.26. The molecular formula is C26H25F4N5OS. The van der Waals surface area contributed by atoms with Gasteiger partial charge in [0.25, 0.3) is 0 Å². The molecule has 0 aliphatic carbocycles. The second-order valence-corrected chi connectivity index (χ2v) is 9.91. The van der Waals surface area contributed by atoms with E-state index in [1.165, 1.54) is 29.5 Å². The lowest BCUT2D eigenvalue weighted by atomic mass is 9.82. The summed E-state index contributed by atoms with van der Waals surface area (Å²) in [7, 11) is 0. The van der Waals surface area contributed by atoms with Crippen molar-refractivity contribution in [3.05, 3.63) is 74.9 Å². The maximum atomic E-state index is 15.3. The molecule has 6 nitrogen and oxygen atoms in total. The second-order valence-electron chi connectivity index (χ2n) is 8.77. The van der Waals surface area contributed by atoms with Gasteiger partial charge in [0.15, 0.2) is 0 Å². The van der Waals surface area contributed by atoms with E-state index in [1.54, 1.807) is 24.0 Å². The number of hydrogen-bond acceptors (Lipinski definition) is 6. The number of carbonyl (C=O) groups is 1. The Morgan fingerprint density at radius 3 is 2.76 bits per heavy atom. The summed E-state index contributed by atoms with van der Waals surface area (Å²) in [5.74, 6) is -1.88. The van der Waals surface area contributed by atoms with Crippen LogP contribution >= 0.6 is 11.3 Å². The number of carbonyl (C=O) groups excluding carboxylic acids is 1. The van der Waals surface area contributed by atoms with Gasteiger partial charge in [0.1, 0.15) is 22.5 Å². The summed E-state index contributed by atoms with van der Waals surface area (Å²) in [5, 5.41) is 23.1. The van der Waals surface area contributed by atoms with Gasteiger partial charge in [-0.3, -0.25) is 10.2 Å². The van der Waals surface area contributed by atoms with Crippen LogP contribution in [0.3, 0.4) is 0 Å². The molecule has 0 spiro atoms. The summed E-state index contributed by atoms with van der Waals surface area (Å²) < 4.78 is 56.2. The predicted molar refractivity (Wildman–Crippen MR) is 134 cm³/mol. The van der Waals surface area contributed by atoms with E-state index in [0.717, 1.165) is 30.1 Å². The maximum absolute atomic E-state index is 15.3. The molecule has 1 amide bonds. The fourth-order valence-electron chi connectivity index (χ4n) is 4.43. The fourth-order valence-corrected chi connectivity index (χ4v) is 5.46. The Labute approximate surface area is 215 Å². The van der Waals surface area contributed by atoms with Crippen LogP contribution in [0.2, 0.25) is 0 Å². The van der Waals surface area contributed by atoms with Gasteiger partial charge in [-0.25, -0.2) is 4.39 Å². The number of fused-ring (bicyclic) bond motifs is 1. The van der Waals surface area contributed by atoms with Crippen molar-refractivity contribution in [1.82, 2.24) is 15.5 Å². The van der Waals surface area contributed by atoms with Crippen molar-refractivity contribution >= 4 is 28.5 Å². The number of nitrogens with one attached hydrogen (secondary N) is 3. The van der Waals surface area contributed by atoms with E-state index < -0.39 is 29.2 Å². The van der Waals surface area contributed by atoms with E-state index in [2.05, 4.69) is 16.7 Å². The topological polar surface area (TPSA) is 92.0 Å². The van der Waals surface area contributed by atoms with Crippen LogP contribution in [0.5, 0.6) is 0 Å². The minimum atomic E-state index is -5.00. The van der Waals surface area contributed by atoms with Gasteiger partial charge in [0.2, 0.25) is 5.91 Å². The number of hydrogen-bond donors (Lipinski definition) is 3. The van der Waals surface area contributed by atoms with E-state index in [0.29, 0.717) is 10.4 Å². The summed E-state index contributed by atoms with van der Waals surface area (Å²) in [6, 6.07) is 7.82. The van der Waals surface area contributed by atoms with Gasteiger partial charge in [-0.2, -0.15) is 18.4 Å². The Hall–Kier alpha value is -3.49. The highest BCUT2D eigenvalue weighted by Gasteiger charge is 2.40. The largest absolute Gasteiger partial charge is 0.433 e. The Morgan fingerprint density at radius 1 is 1.38 bits per heavy atom. The molecule has 3 heterocycles. The smallest absolute Gasteiger partial charge is 0.391 e. The van der Waals surface area contributed by atoms with E-state index >= 15 is 4.39 Å². The number of allylic oxidation sites excluding steroid dienone is 1. The Morgan fingerprint density at radius 2 is 2.14 bits per heavy atom. The third-order valence-corrected chi connectivity index (χ3v) is 7.44. The molecule has 2 atom stereocenters. The molecule has 0 bridgehead atoms. The molecule has 2 aromatic rings. The van der Waals surface area contributed by atoms with E-state index in [-0.39, 0.29) is 42.7 Å². The second kappa shape index (κ2) is 10.9. The first kappa shape index (κ1) is 26.6. The zero-order valence-corrected chi connectivity index (χ0v) is 20.8. The fraction of sp³-hybridized carbons (Fsp3) is 0.346. The first-order valence-corrected chi connectivity index (χ1v) is 12.6. The molecule has 3 N–H and O–H groups in total. The molecule has 2 aliphatic heterocycles. The molecule has 0 radical (unpaired) electrons. The summed E-state index contributed by atoms with van der Waals surface area (Å²) in [6.07, 6.45) is 0.178.